The third-order valence-corrected chi connectivity index (χ3v) is 3.48. The summed E-state index contributed by atoms with van der Waals surface area (Å²) in [5, 5.41) is 0. The Morgan fingerprint density at radius 2 is 2.12 bits per heavy atom. The number of carbonyl (C=O) groups is 2. The SMILES string of the molecule is CCCCCCN1C(=O)C(=O)C2=CC=CCC21. The van der Waals surface area contributed by atoms with Crippen LogP contribution in [-0.4, -0.2) is 29.2 Å². The number of ketones is 1. The summed E-state index contributed by atoms with van der Waals surface area (Å²) >= 11 is 0. The third kappa shape index (κ3) is 2.33. The van der Waals surface area contributed by atoms with Gasteiger partial charge in [-0.1, -0.05) is 44.4 Å². The lowest BCUT2D eigenvalue weighted by Crippen LogP contribution is -2.35. The highest BCUT2D eigenvalue weighted by Gasteiger charge is 2.42. The molecule has 2 aliphatic rings. The summed E-state index contributed by atoms with van der Waals surface area (Å²) in [6.45, 7) is 2.89. The lowest BCUT2D eigenvalue weighted by molar-refractivity contribution is -0.139. The summed E-state index contributed by atoms with van der Waals surface area (Å²) < 4.78 is 0. The molecular weight excluding hydrogens is 214 g/mol. The van der Waals surface area contributed by atoms with E-state index in [9.17, 15) is 9.59 Å². The van der Waals surface area contributed by atoms with Crippen molar-refractivity contribution >= 4 is 11.7 Å². The number of rotatable bonds is 5. The number of Topliss-reactive ketones (excluding diaryl/α,β-unsaturated/α-hetero) is 1. The van der Waals surface area contributed by atoms with E-state index in [2.05, 4.69) is 6.92 Å². The summed E-state index contributed by atoms with van der Waals surface area (Å²) in [6, 6.07) is 0.0154. The first-order valence-corrected chi connectivity index (χ1v) is 6.47. The standard InChI is InChI=1S/C14H19NO2/c1-2-3-4-7-10-15-12-9-6-5-8-11(12)13(16)14(15)17/h5-6,8,12H,2-4,7,9-10H2,1H3. The van der Waals surface area contributed by atoms with Crippen LogP contribution in [0.15, 0.2) is 23.8 Å². The molecule has 0 radical (unpaired) electrons. The van der Waals surface area contributed by atoms with Crippen LogP contribution in [-0.2, 0) is 9.59 Å². The average molecular weight is 233 g/mol. The number of hydrogen-bond acceptors (Lipinski definition) is 2. The van der Waals surface area contributed by atoms with Crippen LogP contribution in [0.5, 0.6) is 0 Å². The van der Waals surface area contributed by atoms with Crippen molar-refractivity contribution in [1.82, 2.24) is 4.90 Å². The predicted octanol–water partition coefficient (Wildman–Crippen LogP) is 2.23. The fourth-order valence-electron chi connectivity index (χ4n) is 2.50. The summed E-state index contributed by atoms with van der Waals surface area (Å²) in [4.78, 5) is 25.3. The van der Waals surface area contributed by atoms with Gasteiger partial charge in [0, 0.05) is 12.1 Å². The summed E-state index contributed by atoms with van der Waals surface area (Å²) in [5.74, 6) is -0.601. The zero-order valence-electron chi connectivity index (χ0n) is 10.3. The molecule has 1 atom stereocenters. The second-order valence-electron chi connectivity index (χ2n) is 4.69. The molecule has 0 N–H and O–H groups in total. The number of unbranched alkanes of at least 4 members (excludes halogenated alkanes) is 3. The molecule has 1 aliphatic carbocycles. The monoisotopic (exact) mass is 233 g/mol. The van der Waals surface area contributed by atoms with Crippen molar-refractivity contribution in [3.05, 3.63) is 23.8 Å². The molecule has 1 fully saturated rings. The van der Waals surface area contributed by atoms with Crippen LogP contribution < -0.4 is 0 Å². The normalized spacial score (nSPS) is 23.0. The average Bonchev–Trinajstić information content (AvgIpc) is 2.60. The van der Waals surface area contributed by atoms with Crippen molar-refractivity contribution in [2.75, 3.05) is 6.54 Å². The molecule has 2 rings (SSSR count). The van der Waals surface area contributed by atoms with Gasteiger partial charge in [0.05, 0.1) is 6.04 Å². The van der Waals surface area contributed by atoms with Crippen LogP contribution in [0.1, 0.15) is 39.0 Å². The van der Waals surface area contributed by atoms with Gasteiger partial charge < -0.3 is 4.90 Å². The minimum Gasteiger partial charge on any atom is -0.328 e. The van der Waals surface area contributed by atoms with Gasteiger partial charge in [-0.15, -0.1) is 0 Å². The quantitative estimate of drug-likeness (QED) is 0.539. The molecule has 1 amide bonds. The first kappa shape index (κ1) is 12.1. The molecular formula is C14H19NO2. The molecule has 17 heavy (non-hydrogen) atoms. The van der Waals surface area contributed by atoms with Crippen molar-refractivity contribution in [2.24, 2.45) is 0 Å². The van der Waals surface area contributed by atoms with Crippen molar-refractivity contribution < 1.29 is 9.59 Å². The largest absolute Gasteiger partial charge is 0.328 e. The van der Waals surface area contributed by atoms with Gasteiger partial charge in [0.15, 0.2) is 0 Å². The second-order valence-corrected chi connectivity index (χ2v) is 4.69. The van der Waals surface area contributed by atoms with Crippen molar-refractivity contribution in [1.29, 1.82) is 0 Å². The van der Waals surface area contributed by atoms with Gasteiger partial charge in [0.2, 0.25) is 5.78 Å². The van der Waals surface area contributed by atoms with E-state index in [1.165, 1.54) is 12.8 Å². The number of carbonyl (C=O) groups excluding carboxylic acids is 2. The summed E-state index contributed by atoms with van der Waals surface area (Å²) in [6.07, 6.45) is 11.0. The topological polar surface area (TPSA) is 37.4 Å². The Morgan fingerprint density at radius 1 is 1.29 bits per heavy atom. The first-order valence-electron chi connectivity index (χ1n) is 6.47. The van der Waals surface area contributed by atoms with Crippen molar-refractivity contribution in [2.45, 2.75) is 45.1 Å². The number of nitrogens with zero attached hydrogens (tertiary/aromatic N) is 1. The van der Waals surface area contributed by atoms with Crippen LogP contribution in [0, 0.1) is 0 Å². The lowest BCUT2D eigenvalue weighted by atomic mass is 9.99. The molecule has 0 aromatic heterocycles. The zero-order valence-corrected chi connectivity index (χ0v) is 10.3. The highest BCUT2D eigenvalue weighted by atomic mass is 16.2. The number of hydrogen-bond donors (Lipinski definition) is 0. The van der Waals surface area contributed by atoms with E-state index in [1.807, 2.05) is 12.2 Å². The van der Waals surface area contributed by atoms with E-state index in [1.54, 1.807) is 11.0 Å². The van der Waals surface area contributed by atoms with Gasteiger partial charge >= 0.3 is 0 Å². The van der Waals surface area contributed by atoms with Gasteiger partial charge in [-0.25, -0.2) is 0 Å². The first-order chi connectivity index (χ1) is 8.25. The zero-order chi connectivity index (χ0) is 12.3. The van der Waals surface area contributed by atoms with Crippen molar-refractivity contribution in [3.8, 4) is 0 Å². The maximum absolute atomic E-state index is 11.8. The molecule has 1 aliphatic heterocycles. The Kier molecular flexibility index (Phi) is 3.77. The molecule has 3 nitrogen and oxygen atoms in total. The molecule has 3 heteroatoms. The van der Waals surface area contributed by atoms with Crippen LogP contribution in [0.4, 0.5) is 0 Å². The van der Waals surface area contributed by atoms with Gasteiger partial charge in [-0.3, -0.25) is 9.59 Å². The number of likely N-dealkylation sites (tertiary alicyclic amines) is 1. The summed E-state index contributed by atoms with van der Waals surface area (Å²) in [7, 11) is 0. The van der Waals surface area contributed by atoms with Crippen LogP contribution in [0.2, 0.25) is 0 Å². The third-order valence-electron chi connectivity index (χ3n) is 3.48. The molecule has 0 bridgehead atoms. The minimum atomic E-state index is -0.304. The Morgan fingerprint density at radius 3 is 2.88 bits per heavy atom. The number of fused-ring (bicyclic) bond motifs is 1. The maximum atomic E-state index is 11.8. The van der Waals surface area contributed by atoms with Crippen LogP contribution >= 0.6 is 0 Å². The van der Waals surface area contributed by atoms with Gasteiger partial charge in [0.1, 0.15) is 0 Å². The Bertz CT molecular complexity index is 382. The fraction of sp³-hybridized carbons (Fsp3) is 0.571. The van der Waals surface area contributed by atoms with Gasteiger partial charge in [-0.2, -0.15) is 0 Å². The fourth-order valence-corrected chi connectivity index (χ4v) is 2.50. The molecule has 0 aromatic rings. The van der Waals surface area contributed by atoms with Crippen LogP contribution in [0.25, 0.3) is 0 Å². The summed E-state index contributed by atoms with van der Waals surface area (Å²) in [5.41, 5.74) is 0.688. The highest BCUT2D eigenvalue weighted by molar-refractivity contribution is 6.45. The van der Waals surface area contributed by atoms with E-state index in [0.29, 0.717) is 5.57 Å². The molecule has 0 saturated carbocycles. The van der Waals surface area contributed by atoms with E-state index in [0.717, 1.165) is 25.8 Å². The van der Waals surface area contributed by atoms with E-state index in [-0.39, 0.29) is 17.7 Å². The molecule has 0 spiro atoms. The van der Waals surface area contributed by atoms with Gasteiger partial charge in [0.25, 0.3) is 5.91 Å². The number of amides is 1. The minimum absolute atomic E-state index is 0.0154. The Balaban J connectivity index is 1.98. The maximum Gasteiger partial charge on any atom is 0.295 e. The molecule has 1 heterocycles. The lowest BCUT2D eigenvalue weighted by Gasteiger charge is -2.24. The molecule has 0 aromatic carbocycles. The predicted molar refractivity (Wildman–Crippen MR) is 66.5 cm³/mol. The Hall–Kier alpha value is -1.38. The van der Waals surface area contributed by atoms with E-state index in [4.69, 9.17) is 0 Å². The molecule has 92 valence electrons. The van der Waals surface area contributed by atoms with Crippen molar-refractivity contribution in [3.63, 3.8) is 0 Å². The van der Waals surface area contributed by atoms with Crippen LogP contribution in [0.3, 0.4) is 0 Å². The number of allylic oxidation sites excluding steroid dienone is 2. The van der Waals surface area contributed by atoms with Gasteiger partial charge in [-0.05, 0) is 12.8 Å². The highest BCUT2D eigenvalue weighted by Crippen LogP contribution is 2.28. The second kappa shape index (κ2) is 5.30. The smallest absolute Gasteiger partial charge is 0.295 e. The van der Waals surface area contributed by atoms with E-state index >= 15 is 0 Å². The Labute approximate surface area is 102 Å². The molecule has 1 saturated heterocycles. The molecule has 1 unspecified atom stereocenters. The van der Waals surface area contributed by atoms with E-state index < -0.39 is 0 Å².